The minimum atomic E-state index is -1.27. The van der Waals surface area contributed by atoms with E-state index in [0.29, 0.717) is 5.56 Å². The van der Waals surface area contributed by atoms with Crippen LogP contribution in [0.5, 0.6) is 0 Å². The lowest BCUT2D eigenvalue weighted by molar-refractivity contribution is -0.135. The fraction of sp³-hybridized carbons (Fsp3) is 0.417. The summed E-state index contributed by atoms with van der Waals surface area (Å²) in [5.74, 6) is -0.893. The molecule has 0 spiro atoms. The molecule has 2 nitrogen and oxygen atoms in total. The lowest BCUT2D eigenvalue weighted by atomic mass is 9.85. The van der Waals surface area contributed by atoms with Crippen LogP contribution in [0, 0.1) is 11.2 Å². The number of hydrogen-bond acceptors (Lipinski definition) is 2. The van der Waals surface area contributed by atoms with Crippen LogP contribution < -0.4 is 0 Å². The van der Waals surface area contributed by atoms with Gasteiger partial charge in [0.15, 0.2) is 5.78 Å². The van der Waals surface area contributed by atoms with Crippen molar-refractivity contribution in [2.24, 2.45) is 5.41 Å². The summed E-state index contributed by atoms with van der Waals surface area (Å²) in [6.45, 7) is 5.14. The van der Waals surface area contributed by atoms with Gasteiger partial charge in [0.1, 0.15) is 11.9 Å². The van der Waals surface area contributed by atoms with Crippen molar-refractivity contribution in [3.63, 3.8) is 0 Å². The van der Waals surface area contributed by atoms with Gasteiger partial charge in [-0.05, 0) is 17.7 Å². The number of Topliss-reactive ketones (excluding diaryl/α,β-unsaturated/α-hetero) is 1. The van der Waals surface area contributed by atoms with E-state index in [-0.39, 0.29) is 10.8 Å². The van der Waals surface area contributed by atoms with Gasteiger partial charge in [-0.1, -0.05) is 38.4 Å². The standard InChI is InChI=1S/C12H14ClFO2/c1-12(2,3)11(16)10(15)7-4-5-9(14)8(13)6-7/h4-6,10,15H,1-3H3. The number of aliphatic hydroxyl groups is 1. The molecule has 1 aromatic carbocycles. The number of halogens is 2. The largest absolute Gasteiger partial charge is 0.381 e. The third-order valence-corrected chi connectivity index (χ3v) is 2.54. The van der Waals surface area contributed by atoms with Gasteiger partial charge in [-0.2, -0.15) is 0 Å². The average molecular weight is 245 g/mol. The molecule has 0 aliphatic heterocycles. The number of rotatable bonds is 2. The molecule has 4 heteroatoms. The molecular weight excluding hydrogens is 231 g/mol. The second-order valence-corrected chi connectivity index (χ2v) is 5.10. The highest BCUT2D eigenvalue weighted by Crippen LogP contribution is 2.27. The van der Waals surface area contributed by atoms with Crippen LogP contribution in [0.4, 0.5) is 4.39 Å². The Labute approximate surface area is 99.0 Å². The molecule has 1 atom stereocenters. The minimum absolute atomic E-state index is 0.0988. The van der Waals surface area contributed by atoms with E-state index in [0.717, 1.165) is 6.07 Å². The van der Waals surface area contributed by atoms with Gasteiger partial charge < -0.3 is 5.11 Å². The van der Waals surface area contributed by atoms with Crippen LogP contribution >= 0.6 is 11.6 Å². The molecule has 0 aliphatic carbocycles. The SMILES string of the molecule is CC(C)(C)C(=O)C(O)c1ccc(F)c(Cl)c1. The summed E-state index contributed by atoms with van der Waals surface area (Å²) in [7, 11) is 0. The molecule has 0 radical (unpaired) electrons. The van der Waals surface area contributed by atoms with E-state index in [4.69, 9.17) is 11.6 Å². The fourth-order valence-electron chi connectivity index (χ4n) is 1.24. The summed E-state index contributed by atoms with van der Waals surface area (Å²) in [5.41, 5.74) is -0.341. The van der Waals surface area contributed by atoms with E-state index in [9.17, 15) is 14.3 Å². The summed E-state index contributed by atoms with van der Waals surface area (Å²) in [6.07, 6.45) is -1.27. The predicted octanol–water partition coefficient (Wildman–Crippen LogP) is 3.13. The summed E-state index contributed by atoms with van der Waals surface area (Å²) in [5, 5.41) is 9.71. The second-order valence-electron chi connectivity index (χ2n) is 4.69. The number of benzene rings is 1. The number of aliphatic hydroxyl groups excluding tert-OH is 1. The van der Waals surface area contributed by atoms with Gasteiger partial charge in [0.05, 0.1) is 5.02 Å². The molecule has 0 aromatic heterocycles. The van der Waals surface area contributed by atoms with E-state index in [1.54, 1.807) is 20.8 Å². The molecular formula is C12H14ClFO2. The Morgan fingerprint density at radius 1 is 1.44 bits per heavy atom. The molecule has 0 aliphatic rings. The Kier molecular flexibility index (Phi) is 3.71. The number of carbonyl (C=O) groups excluding carboxylic acids is 1. The maximum atomic E-state index is 12.9. The van der Waals surface area contributed by atoms with Crippen LogP contribution in [-0.4, -0.2) is 10.9 Å². The molecule has 0 heterocycles. The zero-order chi connectivity index (χ0) is 12.5. The topological polar surface area (TPSA) is 37.3 Å². The highest BCUT2D eigenvalue weighted by atomic mass is 35.5. The van der Waals surface area contributed by atoms with Crippen molar-refractivity contribution in [1.29, 1.82) is 0 Å². The van der Waals surface area contributed by atoms with E-state index in [1.165, 1.54) is 12.1 Å². The van der Waals surface area contributed by atoms with E-state index < -0.39 is 17.3 Å². The number of carbonyl (C=O) groups is 1. The third kappa shape index (κ3) is 2.80. The van der Waals surface area contributed by atoms with Gasteiger partial charge >= 0.3 is 0 Å². The average Bonchev–Trinajstić information content (AvgIpc) is 2.18. The van der Waals surface area contributed by atoms with Crippen LogP contribution in [0.3, 0.4) is 0 Å². The molecule has 1 N–H and O–H groups in total. The highest BCUT2D eigenvalue weighted by molar-refractivity contribution is 6.30. The molecule has 1 rings (SSSR count). The van der Waals surface area contributed by atoms with Crippen LogP contribution in [0.1, 0.15) is 32.4 Å². The van der Waals surface area contributed by atoms with Gasteiger partial charge in [-0.3, -0.25) is 4.79 Å². The number of ketones is 1. The molecule has 88 valence electrons. The van der Waals surface area contributed by atoms with E-state index in [2.05, 4.69) is 0 Å². The summed E-state index contributed by atoms with van der Waals surface area (Å²) < 4.78 is 12.9. The van der Waals surface area contributed by atoms with Gasteiger partial charge in [0, 0.05) is 5.41 Å². The maximum Gasteiger partial charge on any atom is 0.171 e. The monoisotopic (exact) mass is 244 g/mol. The first-order chi connectivity index (χ1) is 7.23. The third-order valence-electron chi connectivity index (χ3n) is 2.25. The molecule has 0 bridgehead atoms. The van der Waals surface area contributed by atoms with Crippen molar-refractivity contribution in [2.45, 2.75) is 26.9 Å². The first kappa shape index (κ1) is 13.1. The lowest BCUT2D eigenvalue weighted by Gasteiger charge is -2.21. The van der Waals surface area contributed by atoms with Crippen molar-refractivity contribution in [2.75, 3.05) is 0 Å². The maximum absolute atomic E-state index is 12.9. The van der Waals surface area contributed by atoms with Crippen LogP contribution in [0.25, 0.3) is 0 Å². The van der Waals surface area contributed by atoms with Crippen molar-refractivity contribution in [3.8, 4) is 0 Å². The zero-order valence-corrected chi connectivity index (χ0v) is 10.2. The quantitative estimate of drug-likeness (QED) is 0.868. The number of hydrogen-bond donors (Lipinski definition) is 1. The summed E-state index contributed by atoms with van der Waals surface area (Å²) in [4.78, 5) is 11.8. The first-order valence-electron chi connectivity index (χ1n) is 4.91. The van der Waals surface area contributed by atoms with Gasteiger partial charge in [0.25, 0.3) is 0 Å². The molecule has 0 amide bonds. The molecule has 0 fully saturated rings. The predicted molar refractivity (Wildman–Crippen MR) is 60.8 cm³/mol. The van der Waals surface area contributed by atoms with Crippen LogP contribution in [0.2, 0.25) is 5.02 Å². The van der Waals surface area contributed by atoms with Crippen molar-refractivity contribution in [1.82, 2.24) is 0 Å². The van der Waals surface area contributed by atoms with Gasteiger partial charge in [0.2, 0.25) is 0 Å². The van der Waals surface area contributed by atoms with Crippen LogP contribution in [0.15, 0.2) is 18.2 Å². The lowest BCUT2D eigenvalue weighted by Crippen LogP contribution is -2.26. The Morgan fingerprint density at radius 2 is 2.00 bits per heavy atom. The summed E-state index contributed by atoms with van der Waals surface area (Å²) in [6, 6.07) is 3.76. The van der Waals surface area contributed by atoms with E-state index >= 15 is 0 Å². The summed E-state index contributed by atoms with van der Waals surface area (Å²) >= 11 is 5.58. The van der Waals surface area contributed by atoms with E-state index in [1.807, 2.05) is 0 Å². The Hall–Kier alpha value is -0.930. The van der Waals surface area contributed by atoms with Crippen molar-refractivity contribution >= 4 is 17.4 Å². The zero-order valence-electron chi connectivity index (χ0n) is 9.42. The second kappa shape index (κ2) is 4.52. The Morgan fingerprint density at radius 3 is 2.44 bits per heavy atom. The highest BCUT2D eigenvalue weighted by Gasteiger charge is 2.29. The van der Waals surface area contributed by atoms with Gasteiger partial charge in [-0.25, -0.2) is 4.39 Å². The normalized spacial score (nSPS) is 13.6. The van der Waals surface area contributed by atoms with Crippen molar-refractivity contribution < 1.29 is 14.3 Å². The molecule has 1 unspecified atom stereocenters. The Balaban J connectivity index is 3.01. The first-order valence-corrected chi connectivity index (χ1v) is 5.28. The smallest absolute Gasteiger partial charge is 0.171 e. The van der Waals surface area contributed by atoms with Crippen molar-refractivity contribution in [3.05, 3.63) is 34.6 Å². The van der Waals surface area contributed by atoms with Gasteiger partial charge in [-0.15, -0.1) is 0 Å². The molecule has 0 saturated carbocycles. The molecule has 16 heavy (non-hydrogen) atoms. The molecule has 1 aromatic rings. The minimum Gasteiger partial charge on any atom is -0.381 e. The van der Waals surface area contributed by atoms with Crippen LogP contribution in [-0.2, 0) is 4.79 Å². The Bertz CT molecular complexity index is 410. The molecule has 0 saturated heterocycles. The fourth-order valence-corrected chi connectivity index (χ4v) is 1.43.